The molecule has 0 saturated heterocycles. The van der Waals surface area contributed by atoms with E-state index in [2.05, 4.69) is 6.92 Å². The van der Waals surface area contributed by atoms with Crippen LogP contribution in [-0.2, 0) is 21.0 Å². The summed E-state index contributed by atoms with van der Waals surface area (Å²) in [6.45, 7) is 6.39. The van der Waals surface area contributed by atoms with E-state index < -0.39 is 20.5 Å². The van der Waals surface area contributed by atoms with Crippen LogP contribution in [0.1, 0.15) is 37.8 Å². The topological polar surface area (TPSA) is 69.4 Å². The highest BCUT2D eigenvalue weighted by Gasteiger charge is 2.72. The molecule has 1 saturated carbocycles. The quantitative estimate of drug-likeness (QED) is 0.726. The molecule has 0 unspecified atom stereocenters. The van der Waals surface area contributed by atoms with E-state index in [1.165, 1.54) is 5.56 Å². The zero-order valence-corrected chi connectivity index (χ0v) is 15.5. The molecule has 1 aromatic carbocycles. The van der Waals surface area contributed by atoms with E-state index in [1.807, 2.05) is 31.2 Å². The van der Waals surface area contributed by atoms with Crippen LogP contribution in [0.25, 0.3) is 0 Å². The van der Waals surface area contributed by atoms with E-state index in [9.17, 15) is 8.42 Å². The number of nitrogens with two attached hydrogens (primary N) is 1. The molecule has 2 rings (SSSR count). The molecule has 2 N–H and O–H groups in total. The Morgan fingerprint density at radius 2 is 1.87 bits per heavy atom. The molecule has 0 aliphatic heterocycles. The predicted octanol–water partition coefficient (Wildman–Crippen LogP) is 2.46. The molecule has 1 aromatic rings. The third-order valence-corrected chi connectivity index (χ3v) is 7.45. The number of ether oxygens (including phenoxy) is 1. The van der Waals surface area contributed by atoms with Gasteiger partial charge in [0.15, 0.2) is 9.84 Å². The van der Waals surface area contributed by atoms with Crippen LogP contribution in [0.4, 0.5) is 0 Å². The number of hydrogen-bond donors (Lipinski definition) is 1. The average Bonchev–Trinajstić information content (AvgIpc) is 3.24. The van der Waals surface area contributed by atoms with Gasteiger partial charge in [-0.3, -0.25) is 0 Å². The van der Waals surface area contributed by atoms with E-state index in [4.69, 9.17) is 22.7 Å². The molecule has 0 radical (unpaired) electrons. The number of thiocarbonyl (C=S) groups is 1. The number of rotatable bonds is 8. The van der Waals surface area contributed by atoms with Gasteiger partial charge in [0.25, 0.3) is 0 Å². The number of sulfone groups is 1. The van der Waals surface area contributed by atoms with E-state index in [1.54, 1.807) is 6.92 Å². The number of aryl methyl sites for hydroxylation is 1. The molecule has 4 nitrogen and oxygen atoms in total. The molecule has 1 aliphatic rings. The Morgan fingerprint density at radius 1 is 1.26 bits per heavy atom. The molecule has 0 aromatic heterocycles. The minimum atomic E-state index is -3.27. The van der Waals surface area contributed by atoms with Crippen LogP contribution in [0.15, 0.2) is 24.3 Å². The molecule has 1 fully saturated rings. The minimum absolute atomic E-state index is 0.0811. The Kier molecular flexibility index (Phi) is 5.48. The molecule has 128 valence electrons. The largest absolute Gasteiger partial charge is 0.393 e. The van der Waals surface area contributed by atoms with Crippen molar-refractivity contribution in [1.82, 2.24) is 0 Å². The van der Waals surface area contributed by atoms with Crippen LogP contribution >= 0.6 is 12.2 Å². The standard InChI is InChI=1S/C17H25NO3S2/c1-4-12-7-9-13(10-8-12)14-15(23(19,20)6-3)17(14,16(18)22)11-21-5-2/h7-10,14-15H,4-6,11H2,1-3H3,(H2,18,22)/t14-,15+,17-/m1/s1. The normalized spacial score (nSPS) is 26.9. The third-order valence-electron chi connectivity index (χ3n) is 4.80. The lowest BCUT2D eigenvalue weighted by Gasteiger charge is -2.16. The highest BCUT2D eigenvalue weighted by molar-refractivity contribution is 7.92. The Balaban J connectivity index is 2.46. The fourth-order valence-corrected chi connectivity index (χ4v) is 5.82. The second kappa shape index (κ2) is 6.87. The van der Waals surface area contributed by atoms with Crippen molar-refractivity contribution in [3.63, 3.8) is 0 Å². The van der Waals surface area contributed by atoms with E-state index >= 15 is 0 Å². The lowest BCUT2D eigenvalue weighted by atomic mass is 9.98. The fraction of sp³-hybridized carbons (Fsp3) is 0.588. The van der Waals surface area contributed by atoms with Crippen LogP contribution in [0, 0.1) is 5.41 Å². The van der Waals surface area contributed by atoms with Crippen molar-refractivity contribution in [1.29, 1.82) is 0 Å². The first-order chi connectivity index (χ1) is 10.8. The second-order valence-electron chi connectivity index (χ2n) is 5.99. The molecule has 0 heterocycles. The average molecular weight is 356 g/mol. The summed E-state index contributed by atoms with van der Waals surface area (Å²) in [6.07, 6.45) is 0.945. The first-order valence-electron chi connectivity index (χ1n) is 8.03. The van der Waals surface area contributed by atoms with Gasteiger partial charge < -0.3 is 10.5 Å². The first kappa shape index (κ1) is 18.4. The first-order valence-corrected chi connectivity index (χ1v) is 10.2. The smallest absolute Gasteiger partial charge is 0.154 e. The molecule has 6 heteroatoms. The van der Waals surface area contributed by atoms with Gasteiger partial charge in [-0.05, 0) is 24.5 Å². The number of hydrogen-bond acceptors (Lipinski definition) is 4. The SMILES string of the molecule is CCOC[C@@]1(C(N)=S)[C@H](c2ccc(CC)cc2)[C@@H]1S(=O)(=O)CC. The third kappa shape index (κ3) is 3.16. The molecular weight excluding hydrogens is 330 g/mol. The summed E-state index contributed by atoms with van der Waals surface area (Å²) in [5.41, 5.74) is 7.39. The van der Waals surface area contributed by atoms with Gasteiger partial charge in [-0.15, -0.1) is 0 Å². The van der Waals surface area contributed by atoms with Crippen LogP contribution < -0.4 is 5.73 Å². The highest BCUT2D eigenvalue weighted by Crippen LogP contribution is 2.63. The van der Waals surface area contributed by atoms with E-state index in [0.717, 1.165) is 12.0 Å². The Bertz CT molecular complexity index is 670. The van der Waals surface area contributed by atoms with Gasteiger partial charge in [0.2, 0.25) is 0 Å². The Labute approximate surface area is 144 Å². The maximum Gasteiger partial charge on any atom is 0.154 e. The Hall–Kier alpha value is -0.980. The maximum absolute atomic E-state index is 12.6. The van der Waals surface area contributed by atoms with Gasteiger partial charge in [0.1, 0.15) is 0 Å². The summed E-state index contributed by atoms with van der Waals surface area (Å²) < 4.78 is 30.7. The van der Waals surface area contributed by atoms with Crippen molar-refractivity contribution >= 4 is 27.0 Å². The molecule has 0 spiro atoms. The fourth-order valence-electron chi connectivity index (χ4n) is 3.35. The lowest BCUT2D eigenvalue weighted by Crippen LogP contribution is -2.34. The molecule has 3 atom stereocenters. The maximum atomic E-state index is 12.6. The van der Waals surface area contributed by atoms with Gasteiger partial charge in [-0.1, -0.05) is 50.3 Å². The lowest BCUT2D eigenvalue weighted by molar-refractivity contribution is 0.121. The van der Waals surface area contributed by atoms with Crippen molar-refractivity contribution in [2.45, 2.75) is 38.4 Å². The second-order valence-corrected chi connectivity index (χ2v) is 8.84. The van der Waals surface area contributed by atoms with Crippen molar-refractivity contribution < 1.29 is 13.2 Å². The van der Waals surface area contributed by atoms with Gasteiger partial charge in [-0.25, -0.2) is 8.42 Å². The summed E-state index contributed by atoms with van der Waals surface area (Å²) in [5.74, 6) is -0.139. The summed E-state index contributed by atoms with van der Waals surface area (Å²) in [7, 11) is -3.27. The molecule has 23 heavy (non-hydrogen) atoms. The summed E-state index contributed by atoms with van der Waals surface area (Å²) >= 11 is 5.26. The van der Waals surface area contributed by atoms with Gasteiger partial charge in [-0.2, -0.15) is 0 Å². The van der Waals surface area contributed by atoms with Gasteiger partial charge in [0, 0.05) is 18.3 Å². The van der Waals surface area contributed by atoms with Crippen molar-refractivity contribution in [2.24, 2.45) is 11.1 Å². The van der Waals surface area contributed by atoms with Crippen LogP contribution in [-0.4, -0.2) is 37.6 Å². The van der Waals surface area contributed by atoms with Crippen molar-refractivity contribution in [2.75, 3.05) is 19.0 Å². The van der Waals surface area contributed by atoms with Crippen LogP contribution in [0.3, 0.4) is 0 Å². The van der Waals surface area contributed by atoms with E-state index in [-0.39, 0.29) is 23.3 Å². The molecule has 1 aliphatic carbocycles. The zero-order chi connectivity index (χ0) is 17.3. The van der Waals surface area contributed by atoms with Gasteiger partial charge in [0.05, 0.1) is 22.3 Å². The molecular formula is C17H25NO3S2. The van der Waals surface area contributed by atoms with Crippen LogP contribution in [0.2, 0.25) is 0 Å². The van der Waals surface area contributed by atoms with E-state index in [0.29, 0.717) is 6.61 Å². The predicted molar refractivity (Wildman–Crippen MR) is 97.5 cm³/mol. The van der Waals surface area contributed by atoms with Crippen molar-refractivity contribution in [3.8, 4) is 0 Å². The van der Waals surface area contributed by atoms with Crippen molar-refractivity contribution in [3.05, 3.63) is 35.4 Å². The van der Waals surface area contributed by atoms with Crippen LogP contribution in [0.5, 0.6) is 0 Å². The van der Waals surface area contributed by atoms with Gasteiger partial charge >= 0.3 is 0 Å². The molecule has 0 bridgehead atoms. The summed E-state index contributed by atoms with van der Waals surface area (Å²) in [5, 5.41) is -0.587. The molecule has 0 amide bonds. The number of benzene rings is 1. The summed E-state index contributed by atoms with van der Waals surface area (Å²) in [4.78, 5) is 0.234. The highest BCUT2D eigenvalue weighted by atomic mass is 32.2. The summed E-state index contributed by atoms with van der Waals surface area (Å²) in [6, 6.07) is 8.06. The monoisotopic (exact) mass is 355 g/mol. The minimum Gasteiger partial charge on any atom is -0.393 e. The Morgan fingerprint density at radius 3 is 2.30 bits per heavy atom. The zero-order valence-electron chi connectivity index (χ0n) is 13.9.